The zero-order chi connectivity index (χ0) is 22.1. The number of hydrogen-bond donors (Lipinski definition) is 0. The van der Waals surface area contributed by atoms with Crippen molar-refractivity contribution >= 4 is 0 Å². The second-order valence-electron chi connectivity index (χ2n) is 7.21. The lowest BCUT2D eigenvalue weighted by molar-refractivity contribution is -0.276. The van der Waals surface area contributed by atoms with Crippen molar-refractivity contribution in [3.63, 3.8) is 0 Å². The van der Waals surface area contributed by atoms with Gasteiger partial charge in [0.25, 0.3) is 0 Å². The second-order valence-corrected chi connectivity index (χ2v) is 7.21. The van der Waals surface area contributed by atoms with Gasteiger partial charge in [-0.2, -0.15) is 0 Å². The molecule has 0 saturated carbocycles. The third kappa shape index (κ3) is 4.79. The van der Waals surface area contributed by atoms with E-state index in [1.807, 2.05) is 19.1 Å². The molecule has 0 radical (unpaired) electrons. The van der Waals surface area contributed by atoms with Crippen molar-refractivity contribution in [1.82, 2.24) is 0 Å². The van der Waals surface area contributed by atoms with Gasteiger partial charge in [-0.3, -0.25) is 0 Å². The lowest BCUT2D eigenvalue weighted by atomic mass is 9.79. The van der Waals surface area contributed by atoms with Crippen molar-refractivity contribution in [2.75, 3.05) is 0 Å². The summed E-state index contributed by atoms with van der Waals surface area (Å²) >= 11 is 0. The number of allylic oxidation sites excluding steroid dienone is 2. The van der Waals surface area contributed by atoms with Crippen LogP contribution in [0.25, 0.3) is 0 Å². The van der Waals surface area contributed by atoms with Gasteiger partial charge in [0.15, 0.2) is 11.6 Å². The molecular weight excluding hydrogens is 413 g/mol. The molecule has 30 heavy (non-hydrogen) atoms. The SMILES string of the molecule is C/C=C/CCc1cc(F)c(C2CCc3c(cc(F)c(OC(F)(F)F)c3F)C2)c(F)c1. The maximum atomic E-state index is 14.6. The molecule has 2 aromatic carbocycles. The van der Waals surface area contributed by atoms with Gasteiger partial charge in [0.05, 0.1) is 0 Å². The molecule has 1 atom stereocenters. The maximum Gasteiger partial charge on any atom is 0.573 e. The van der Waals surface area contributed by atoms with E-state index >= 15 is 0 Å². The molecule has 1 aliphatic rings. The van der Waals surface area contributed by atoms with Gasteiger partial charge in [-0.15, -0.1) is 13.2 Å². The summed E-state index contributed by atoms with van der Waals surface area (Å²) in [5.74, 6) is -6.61. The number of rotatable bonds is 5. The number of aryl methyl sites for hydroxylation is 1. The highest BCUT2D eigenvalue weighted by Crippen LogP contribution is 2.40. The molecular formula is C22H19F7O. The Morgan fingerprint density at radius 1 is 1.03 bits per heavy atom. The van der Waals surface area contributed by atoms with Crippen molar-refractivity contribution in [1.29, 1.82) is 0 Å². The molecule has 162 valence electrons. The van der Waals surface area contributed by atoms with Crippen molar-refractivity contribution < 1.29 is 35.5 Å². The summed E-state index contributed by atoms with van der Waals surface area (Å²) in [6, 6.07) is 3.24. The summed E-state index contributed by atoms with van der Waals surface area (Å²) in [6.07, 6.45) is -0.521. The molecule has 3 rings (SSSR count). The zero-order valence-corrected chi connectivity index (χ0v) is 16.1. The molecule has 0 amide bonds. The first-order valence-corrected chi connectivity index (χ1v) is 9.45. The van der Waals surface area contributed by atoms with Crippen LogP contribution in [0, 0.1) is 23.3 Å². The van der Waals surface area contributed by atoms with Crippen LogP contribution >= 0.6 is 0 Å². The van der Waals surface area contributed by atoms with E-state index in [0.717, 1.165) is 6.07 Å². The number of alkyl halides is 3. The van der Waals surface area contributed by atoms with Crippen molar-refractivity contribution in [2.24, 2.45) is 0 Å². The number of benzene rings is 2. The average molecular weight is 432 g/mol. The van der Waals surface area contributed by atoms with Crippen LogP contribution in [-0.2, 0) is 19.3 Å². The summed E-state index contributed by atoms with van der Waals surface area (Å²) in [5.41, 5.74) is 0.267. The summed E-state index contributed by atoms with van der Waals surface area (Å²) in [4.78, 5) is 0. The van der Waals surface area contributed by atoms with E-state index in [-0.39, 0.29) is 36.0 Å². The van der Waals surface area contributed by atoms with E-state index in [2.05, 4.69) is 4.74 Å². The van der Waals surface area contributed by atoms with E-state index in [0.29, 0.717) is 18.4 Å². The summed E-state index contributed by atoms with van der Waals surface area (Å²) in [7, 11) is 0. The molecule has 0 saturated heterocycles. The Morgan fingerprint density at radius 3 is 2.30 bits per heavy atom. The molecule has 0 aromatic heterocycles. The molecule has 0 bridgehead atoms. The summed E-state index contributed by atoms with van der Waals surface area (Å²) in [6.45, 7) is 1.84. The van der Waals surface area contributed by atoms with Gasteiger partial charge >= 0.3 is 6.36 Å². The quantitative estimate of drug-likeness (QED) is 0.368. The van der Waals surface area contributed by atoms with Crippen LogP contribution in [-0.4, -0.2) is 6.36 Å². The van der Waals surface area contributed by atoms with Crippen LogP contribution in [0.3, 0.4) is 0 Å². The topological polar surface area (TPSA) is 9.23 Å². The lowest BCUT2D eigenvalue weighted by Gasteiger charge is -2.27. The Morgan fingerprint density at radius 2 is 1.70 bits per heavy atom. The van der Waals surface area contributed by atoms with Crippen molar-refractivity contribution in [2.45, 2.75) is 51.3 Å². The highest BCUT2D eigenvalue weighted by molar-refractivity contribution is 5.43. The molecule has 1 unspecified atom stereocenters. The Kier molecular flexibility index (Phi) is 6.43. The third-order valence-corrected chi connectivity index (χ3v) is 5.18. The van der Waals surface area contributed by atoms with E-state index in [4.69, 9.17) is 0 Å². The second kappa shape index (κ2) is 8.70. The molecule has 8 heteroatoms. The van der Waals surface area contributed by atoms with E-state index in [1.54, 1.807) is 0 Å². The van der Waals surface area contributed by atoms with Gasteiger partial charge in [-0.25, -0.2) is 17.6 Å². The molecule has 0 aliphatic heterocycles. The van der Waals surface area contributed by atoms with Crippen LogP contribution in [0.4, 0.5) is 30.7 Å². The minimum atomic E-state index is -5.24. The molecule has 0 heterocycles. The van der Waals surface area contributed by atoms with Crippen LogP contribution in [0.1, 0.15) is 47.9 Å². The van der Waals surface area contributed by atoms with E-state index in [9.17, 15) is 30.7 Å². The largest absolute Gasteiger partial charge is 0.573 e. The standard InChI is InChI=1S/C22H19F7O/c1-2-3-4-5-12-8-16(23)19(17(24)9-12)13-6-7-15-14(10-13)11-18(25)21(20(15)26)30-22(27,28)29/h2-3,8-9,11,13H,4-7,10H2,1H3/b3-2+. The zero-order valence-electron chi connectivity index (χ0n) is 16.1. The molecule has 0 spiro atoms. The van der Waals surface area contributed by atoms with Crippen LogP contribution in [0.2, 0.25) is 0 Å². The number of fused-ring (bicyclic) bond motifs is 1. The van der Waals surface area contributed by atoms with Crippen molar-refractivity contribution in [3.05, 3.63) is 75.9 Å². The van der Waals surface area contributed by atoms with E-state index in [1.165, 1.54) is 12.1 Å². The van der Waals surface area contributed by atoms with Gasteiger partial charge in [-0.1, -0.05) is 12.2 Å². The molecule has 1 aliphatic carbocycles. The Labute approximate surface area is 169 Å². The number of halogens is 7. The number of ether oxygens (including phenoxy) is 1. The Bertz CT molecular complexity index is 940. The van der Waals surface area contributed by atoms with Gasteiger partial charge < -0.3 is 4.74 Å². The third-order valence-electron chi connectivity index (χ3n) is 5.18. The highest BCUT2D eigenvalue weighted by atomic mass is 19.4. The summed E-state index contributed by atoms with van der Waals surface area (Å²) in [5, 5.41) is 0. The van der Waals surface area contributed by atoms with Gasteiger partial charge in [-0.05, 0) is 79.8 Å². The monoisotopic (exact) mass is 432 g/mol. The van der Waals surface area contributed by atoms with Gasteiger partial charge in [0.1, 0.15) is 11.6 Å². The first-order valence-electron chi connectivity index (χ1n) is 9.45. The van der Waals surface area contributed by atoms with Gasteiger partial charge in [0.2, 0.25) is 5.75 Å². The first kappa shape index (κ1) is 22.2. The maximum absolute atomic E-state index is 14.6. The smallest absolute Gasteiger partial charge is 0.399 e. The molecule has 1 nitrogen and oxygen atoms in total. The average Bonchev–Trinajstić information content (AvgIpc) is 2.64. The number of hydrogen-bond acceptors (Lipinski definition) is 1. The van der Waals surface area contributed by atoms with Crippen LogP contribution < -0.4 is 4.74 Å². The van der Waals surface area contributed by atoms with Crippen molar-refractivity contribution in [3.8, 4) is 5.75 Å². The minimum absolute atomic E-state index is 0.0757. The van der Waals surface area contributed by atoms with Crippen LogP contribution in [0.15, 0.2) is 30.4 Å². The normalized spacial score (nSPS) is 16.7. The predicted molar refractivity (Wildman–Crippen MR) is 97.3 cm³/mol. The fourth-order valence-corrected chi connectivity index (χ4v) is 3.87. The fraction of sp³-hybridized carbons (Fsp3) is 0.364. The van der Waals surface area contributed by atoms with Gasteiger partial charge in [0, 0.05) is 5.56 Å². The van der Waals surface area contributed by atoms with Crippen LogP contribution in [0.5, 0.6) is 5.75 Å². The minimum Gasteiger partial charge on any atom is -0.399 e. The lowest BCUT2D eigenvalue weighted by Crippen LogP contribution is -2.22. The fourth-order valence-electron chi connectivity index (χ4n) is 3.87. The Balaban J connectivity index is 1.88. The summed E-state index contributed by atoms with van der Waals surface area (Å²) < 4.78 is 98.4. The highest BCUT2D eigenvalue weighted by Gasteiger charge is 2.36. The Hall–Kier alpha value is -2.51. The first-order chi connectivity index (χ1) is 14.1. The molecule has 2 aromatic rings. The molecule has 0 fully saturated rings. The van der Waals surface area contributed by atoms with E-state index < -0.39 is 41.3 Å². The predicted octanol–water partition coefficient (Wildman–Crippen LogP) is 6.92. The molecule has 0 N–H and O–H groups in total.